The number of benzene rings is 1. The summed E-state index contributed by atoms with van der Waals surface area (Å²) in [6.45, 7) is -0.674. The zero-order valence-corrected chi connectivity index (χ0v) is 8.58. The summed E-state index contributed by atoms with van der Waals surface area (Å²) in [4.78, 5) is 0. The van der Waals surface area contributed by atoms with Gasteiger partial charge in [0.05, 0.1) is 19.3 Å². The lowest BCUT2D eigenvalue weighted by molar-refractivity contribution is -0.0693. The summed E-state index contributed by atoms with van der Waals surface area (Å²) >= 11 is 0. The van der Waals surface area contributed by atoms with Crippen LogP contribution in [0.25, 0.3) is 5.57 Å². The van der Waals surface area contributed by atoms with E-state index in [2.05, 4.69) is 0 Å². The molecule has 0 aromatic heterocycles. The second-order valence-corrected chi connectivity index (χ2v) is 3.00. The molecule has 1 N–H and O–H groups in total. The zero-order valence-electron chi connectivity index (χ0n) is 8.58. The molecule has 88 valence electrons. The van der Waals surface area contributed by atoms with Gasteiger partial charge in [0.1, 0.15) is 5.75 Å². The Bertz CT molecular complexity index is 383. The topological polar surface area (TPSA) is 29.5 Å². The summed E-state index contributed by atoms with van der Waals surface area (Å²) in [6, 6.07) is 5.80. The van der Waals surface area contributed by atoms with Crippen molar-refractivity contribution in [1.82, 2.24) is 0 Å². The van der Waals surface area contributed by atoms with Crippen LogP contribution in [0.1, 0.15) is 5.56 Å². The molecule has 16 heavy (non-hydrogen) atoms. The van der Waals surface area contributed by atoms with Gasteiger partial charge in [-0.25, -0.2) is 0 Å². The van der Waals surface area contributed by atoms with E-state index in [1.165, 1.54) is 25.3 Å². The molecule has 0 bridgehead atoms. The van der Waals surface area contributed by atoms with E-state index in [1.807, 2.05) is 0 Å². The van der Waals surface area contributed by atoms with Crippen LogP contribution in [0, 0.1) is 0 Å². The predicted molar refractivity (Wildman–Crippen MR) is 54.1 cm³/mol. The van der Waals surface area contributed by atoms with Gasteiger partial charge in [0.2, 0.25) is 0 Å². The van der Waals surface area contributed by atoms with Gasteiger partial charge in [-0.15, -0.1) is 0 Å². The summed E-state index contributed by atoms with van der Waals surface area (Å²) in [5, 5.41) is 8.61. The Morgan fingerprint density at radius 2 is 2.00 bits per heavy atom. The second-order valence-electron chi connectivity index (χ2n) is 3.00. The van der Waals surface area contributed by atoms with E-state index in [4.69, 9.17) is 9.84 Å². The van der Waals surface area contributed by atoms with E-state index < -0.39 is 18.4 Å². The molecule has 0 atom stereocenters. The molecule has 0 aliphatic rings. The van der Waals surface area contributed by atoms with Crippen molar-refractivity contribution in [2.75, 3.05) is 13.7 Å². The van der Waals surface area contributed by atoms with E-state index in [9.17, 15) is 13.2 Å². The highest BCUT2D eigenvalue weighted by Gasteiger charge is 2.35. The number of allylic oxidation sites excluding steroid dienone is 1. The Morgan fingerprint density at radius 3 is 2.50 bits per heavy atom. The first-order valence-electron chi connectivity index (χ1n) is 4.52. The second kappa shape index (κ2) is 5.03. The quantitative estimate of drug-likeness (QED) is 0.868. The van der Waals surface area contributed by atoms with Crippen LogP contribution in [0.5, 0.6) is 5.75 Å². The SMILES string of the molecule is COc1ccccc1/C(=C/CO)C(F)(F)F. The van der Waals surface area contributed by atoms with Crippen LogP contribution in [0.4, 0.5) is 13.2 Å². The molecule has 0 heterocycles. The summed E-state index contributed by atoms with van der Waals surface area (Å²) in [5.41, 5.74) is -0.973. The molecular weight excluding hydrogens is 221 g/mol. The number of methoxy groups -OCH3 is 1. The minimum Gasteiger partial charge on any atom is -0.496 e. The maximum absolute atomic E-state index is 12.7. The molecule has 0 unspecified atom stereocenters. The fraction of sp³-hybridized carbons (Fsp3) is 0.273. The molecule has 0 spiro atoms. The molecule has 0 radical (unpaired) electrons. The standard InChI is InChI=1S/C11H11F3O2/c1-16-10-5-3-2-4-8(10)9(6-7-15)11(12,13)14/h2-6,15H,7H2,1H3/b9-6-. The van der Waals surface area contributed by atoms with E-state index in [-0.39, 0.29) is 11.3 Å². The first kappa shape index (κ1) is 12.6. The maximum Gasteiger partial charge on any atom is 0.416 e. The van der Waals surface area contributed by atoms with Gasteiger partial charge in [-0.3, -0.25) is 0 Å². The lowest BCUT2D eigenvalue weighted by Gasteiger charge is -2.14. The Balaban J connectivity index is 3.27. The summed E-state index contributed by atoms with van der Waals surface area (Å²) < 4.78 is 42.9. The average molecular weight is 232 g/mol. The van der Waals surface area contributed by atoms with Gasteiger partial charge in [0.15, 0.2) is 0 Å². The fourth-order valence-electron chi connectivity index (χ4n) is 1.34. The van der Waals surface area contributed by atoms with E-state index in [0.29, 0.717) is 0 Å². The van der Waals surface area contributed by atoms with Crippen LogP contribution in [-0.2, 0) is 0 Å². The van der Waals surface area contributed by atoms with Crippen molar-refractivity contribution in [3.63, 3.8) is 0 Å². The number of aliphatic hydroxyl groups is 1. The van der Waals surface area contributed by atoms with Gasteiger partial charge >= 0.3 is 6.18 Å². The smallest absolute Gasteiger partial charge is 0.416 e. The first-order valence-corrected chi connectivity index (χ1v) is 4.52. The van der Waals surface area contributed by atoms with Crippen LogP contribution in [0.3, 0.4) is 0 Å². The minimum atomic E-state index is -4.52. The van der Waals surface area contributed by atoms with E-state index >= 15 is 0 Å². The molecule has 0 amide bonds. The average Bonchev–Trinajstić information content (AvgIpc) is 2.24. The normalized spacial score (nSPS) is 12.7. The first-order chi connectivity index (χ1) is 7.50. The van der Waals surface area contributed by atoms with Gasteiger partial charge in [-0.05, 0) is 12.1 Å². The van der Waals surface area contributed by atoms with Gasteiger partial charge in [0.25, 0.3) is 0 Å². The van der Waals surface area contributed by atoms with Crippen LogP contribution in [0.2, 0.25) is 0 Å². The summed E-state index contributed by atoms with van der Waals surface area (Å²) in [7, 11) is 1.30. The van der Waals surface area contributed by atoms with Crippen LogP contribution < -0.4 is 4.74 Å². The monoisotopic (exact) mass is 232 g/mol. The van der Waals surface area contributed by atoms with Crippen molar-refractivity contribution >= 4 is 5.57 Å². The highest BCUT2D eigenvalue weighted by atomic mass is 19.4. The summed E-state index contributed by atoms with van der Waals surface area (Å²) in [6.07, 6.45) is -3.80. The maximum atomic E-state index is 12.7. The van der Waals surface area contributed by atoms with Gasteiger partial charge in [-0.2, -0.15) is 13.2 Å². The van der Waals surface area contributed by atoms with Crippen molar-refractivity contribution in [3.8, 4) is 5.75 Å². The lowest BCUT2D eigenvalue weighted by Crippen LogP contribution is -2.12. The van der Waals surface area contributed by atoms with E-state index in [0.717, 1.165) is 6.08 Å². The van der Waals surface area contributed by atoms with Crippen molar-refractivity contribution in [1.29, 1.82) is 0 Å². The number of alkyl halides is 3. The largest absolute Gasteiger partial charge is 0.496 e. The molecule has 0 aliphatic carbocycles. The molecule has 0 fully saturated rings. The Hall–Kier alpha value is -1.49. The van der Waals surface area contributed by atoms with Crippen molar-refractivity contribution in [3.05, 3.63) is 35.9 Å². The Kier molecular flexibility index (Phi) is 3.95. The zero-order chi connectivity index (χ0) is 12.2. The van der Waals surface area contributed by atoms with Gasteiger partial charge in [-0.1, -0.05) is 18.2 Å². The van der Waals surface area contributed by atoms with Gasteiger partial charge < -0.3 is 9.84 Å². The molecule has 0 saturated heterocycles. The van der Waals surface area contributed by atoms with E-state index in [1.54, 1.807) is 6.07 Å². The number of hydrogen-bond acceptors (Lipinski definition) is 2. The number of ether oxygens (including phenoxy) is 1. The van der Waals surface area contributed by atoms with Crippen molar-refractivity contribution in [2.24, 2.45) is 0 Å². The van der Waals surface area contributed by atoms with Crippen molar-refractivity contribution < 1.29 is 23.0 Å². The molecule has 1 aromatic carbocycles. The molecular formula is C11H11F3O2. The highest BCUT2D eigenvalue weighted by Crippen LogP contribution is 2.37. The third-order valence-electron chi connectivity index (χ3n) is 2.00. The number of para-hydroxylation sites is 1. The third-order valence-corrected chi connectivity index (χ3v) is 2.00. The van der Waals surface area contributed by atoms with Gasteiger partial charge in [0, 0.05) is 5.56 Å². The predicted octanol–water partition coefficient (Wildman–Crippen LogP) is 2.63. The number of aliphatic hydroxyl groups excluding tert-OH is 1. The Labute approximate surface area is 91.0 Å². The van der Waals surface area contributed by atoms with Crippen LogP contribution >= 0.6 is 0 Å². The minimum absolute atomic E-state index is 0.0773. The molecule has 0 aliphatic heterocycles. The molecule has 0 saturated carbocycles. The van der Waals surface area contributed by atoms with Crippen molar-refractivity contribution in [2.45, 2.75) is 6.18 Å². The number of hydrogen-bond donors (Lipinski definition) is 1. The molecule has 1 aromatic rings. The summed E-state index contributed by atoms with van der Waals surface area (Å²) in [5.74, 6) is 0.125. The number of halogens is 3. The molecule has 1 rings (SSSR count). The van der Waals surface area contributed by atoms with Crippen LogP contribution in [0.15, 0.2) is 30.3 Å². The molecule has 5 heteroatoms. The highest BCUT2D eigenvalue weighted by molar-refractivity contribution is 5.74. The fourth-order valence-corrected chi connectivity index (χ4v) is 1.34. The van der Waals surface area contributed by atoms with Crippen LogP contribution in [-0.4, -0.2) is 25.0 Å². The Morgan fingerprint density at radius 1 is 1.38 bits per heavy atom. The molecule has 2 nitrogen and oxygen atoms in total. The lowest BCUT2D eigenvalue weighted by atomic mass is 10.0. The third kappa shape index (κ3) is 2.76. The number of rotatable bonds is 3.